The lowest BCUT2D eigenvalue weighted by Crippen LogP contribution is -2.23. The van der Waals surface area contributed by atoms with Crippen LogP contribution in [0.2, 0.25) is 0 Å². The molecule has 1 N–H and O–H groups in total. The second-order valence-corrected chi connectivity index (χ2v) is 7.40. The zero-order valence-corrected chi connectivity index (χ0v) is 20.2. The molecule has 0 fully saturated rings. The number of amides is 1. The minimum absolute atomic E-state index is 0.100. The van der Waals surface area contributed by atoms with E-state index in [0.29, 0.717) is 35.0 Å². The van der Waals surface area contributed by atoms with Gasteiger partial charge in [0, 0.05) is 0 Å². The third-order valence-corrected chi connectivity index (χ3v) is 4.91. The van der Waals surface area contributed by atoms with E-state index in [1.165, 1.54) is 37.7 Å². The molecule has 37 heavy (non-hydrogen) atoms. The van der Waals surface area contributed by atoms with Crippen LogP contribution in [0.4, 0.5) is 0 Å². The zero-order valence-electron chi connectivity index (χ0n) is 20.2. The van der Waals surface area contributed by atoms with Crippen molar-refractivity contribution in [3.63, 3.8) is 0 Å². The van der Waals surface area contributed by atoms with Crippen molar-refractivity contribution < 1.29 is 28.2 Å². The first-order valence-corrected chi connectivity index (χ1v) is 11.1. The van der Waals surface area contributed by atoms with Gasteiger partial charge >= 0.3 is 5.97 Å². The number of benzene rings is 2. The molecule has 9 heteroatoms. The Labute approximate surface area is 213 Å². The summed E-state index contributed by atoms with van der Waals surface area (Å²) >= 11 is 0. The summed E-state index contributed by atoms with van der Waals surface area (Å²) in [6.45, 7) is 2.47. The summed E-state index contributed by atoms with van der Waals surface area (Å²) in [7, 11) is 1.50. The molecule has 0 aliphatic rings. The first kappa shape index (κ1) is 26.3. The van der Waals surface area contributed by atoms with Gasteiger partial charge in [0.15, 0.2) is 11.5 Å². The van der Waals surface area contributed by atoms with Crippen LogP contribution in [0.5, 0.6) is 17.2 Å². The molecule has 0 radical (unpaired) electrons. The molecule has 0 spiro atoms. The predicted molar refractivity (Wildman–Crippen MR) is 134 cm³/mol. The number of rotatable bonds is 10. The molecule has 0 unspecified atom stereocenters. The van der Waals surface area contributed by atoms with E-state index in [4.69, 9.17) is 18.6 Å². The van der Waals surface area contributed by atoms with Crippen LogP contribution in [0.3, 0.4) is 0 Å². The molecule has 1 heterocycles. The third-order valence-electron chi connectivity index (χ3n) is 4.91. The third kappa shape index (κ3) is 7.35. The fourth-order valence-electron chi connectivity index (χ4n) is 3.14. The molecule has 1 amide bonds. The topological polar surface area (TPSA) is 135 Å². The number of methoxy groups -OCH3 is 1. The van der Waals surface area contributed by atoms with Crippen LogP contribution in [-0.4, -0.2) is 25.6 Å². The largest absolute Gasteiger partial charge is 0.493 e. The Kier molecular flexibility index (Phi) is 9.24. The van der Waals surface area contributed by atoms with Gasteiger partial charge in [-0.05, 0) is 66.6 Å². The van der Waals surface area contributed by atoms with Crippen molar-refractivity contribution >= 4 is 24.0 Å². The lowest BCUT2D eigenvalue weighted by molar-refractivity contribution is -0.129. The maximum atomic E-state index is 12.6. The van der Waals surface area contributed by atoms with Crippen LogP contribution in [-0.2, 0) is 16.1 Å². The summed E-state index contributed by atoms with van der Waals surface area (Å²) in [4.78, 5) is 24.8. The number of esters is 1. The van der Waals surface area contributed by atoms with Crippen LogP contribution in [0.15, 0.2) is 76.4 Å². The van der Waals surface area contributed by atoms with Crippen LogP contribution < -0.4 is 19.5 Å². The molecule has 3 aromatic rings. The van der Waals surface area contributed by atoms with Crippen molar-refractivity contribution in [2.75, 3.05) is 13.7 Å². The van der Waals surface area contributed by atoms with Gasteiger partial charge in [0.05, 0.1) is 26.5 Å². The van der Waals surface area contributed by atoms with Gasteiger partial charge in [0.1, 0.15) is 34.8 Å². The molecule has 0 saturated carbocycles. The average molecular weight is 498 g/mol. The zero-order chi connectivity index (χ0) is 26.6. The Morgan fingerprint density at radius 1 is 0.973 bits per heavy atom. The Hall–Kier alpha value is -5.28. The summed E-state index contributed by atoms with van der Waals surface area (Å²) in [5, 5.41) is 21.4. The minimum Gasteiger partial charge on any atom is -0.493 e. The van der Waals surface area contributed by atoms with E-state index < -0.39 is 11.9 Å². The molecule has 0 bridgehead atoms. The molecule has 0 aliphatic carbocycles. The van der Waals surface area contributed by atoms with Crippen molar-refractivity contribution in [1.82, 2.24) is 5.32 Å². The Bertz CT molecular complexity index is 1390. The average Bonchev–Trinajstić information content (AvgIpc) is 3.44. The maximum Gasteiger partial charge on any atom is 0.354 e. The van der Waals surface area contributed by atoms with Gasteiger partial charge in [-0.15, -0.1) is 0 Å². The summed E-state index contributed by atoms with van der Waals surface area (Å²) in [5.41, 5.74) is 0.789. The molecular weight excluding hydrogens is 474 g/mol. The fourth-order valence-corrected chi connectivity index (χ4v) is 3.14. The van der Waals surface area contributed by atoms with E-state index in [2.05, 4.69) is 5.32 Å². The number of nitrogens with zero attached hydrogens (tertiary/aromatic N) is 2. The normalized spacial score (nSPS) is 11.1. The predicted octanol–water partition coefficient (Wildman–Crippen LogP) is 4.42. The lowest BCUT2D eigenvalue weighted by Gasteiger charge is -2.10. The van der Waals surface area contributed by atoms with Crippen LogP contribution in [0.1, 0.15) is 23.8 Å². The molecule has 0 aliphatic heterocycles. The lowest BCUT2D eigenvalue weighted by atomic mass is 10.1. The highest BCUT2D eigenvalue weighted by Crippen LogP contribution is 2.29. The number of furan rings is 1. The van der Waals surface area contributed by atoms with Crippen molar-refractivity contribution in [2.45, 2.75) is 13.5 Å². The number of carbonyl (C=O) groups excluding carboxylic acids is 2. The number of carbonyl (C=O) groups is 2. The smallest absolute Gasteiger partial charge is 0.354 e. The summed E-state index contributed by atoms with van der Waals surface area (Å²) in [5.74, 6) is 0.374. The Morgan fingerprint density at radius 3 is 2.30 bits per heavy atom. The quantitative estimate of drug-likeness (QED) is 0.188. The SMILES string of the molecule is CCOc1ccc(/C=C(\C#N)C(=O)Oc2ccc(/C=C(\C#N)C(=O)NCc3ccco3)cc2)cc1OC. The van der Waals surface area contributed by atoms with Crippen molar-refractivity contribution in [1.29, 1.82) is 10.5 Å². The minimum atomic E-state index is -0.839. The van der Waals surface area contributed by atoms with E-state index in [1.807, 2.05) is 19.1 Å². The summed E-state index contributed by atoms with van der Waals surface area (Å²) in [6.07, 6.45) is 4.28. The molecule has 0 atom stereocenters. The van der Waals surface area contributed by atoms with Gasteiger partial charge in [-0.1, -0.05) is 18.2 Å². The molecule has 3 rings (SSSR count). The highest BCUT2D eigenvalue weighted by atomic mass is 16.5. The Balaban J connectivity index is 1.67. The van der Waals surface area contributed by atoms with Gasteiger partial charge in [-0.3, -0.25) is 4.79 Å². The highest BCUT2D eigenvalue weighted by molar-refractivity contribution is 6.01. The maximum absolute atomic E-state index is 12.6. The van der Waals surface area contributed by atoms with Crippen LogP contribution >= 0.6 is 0 Å². The highest BCUT2D eigenvalue weighted by Gasteiger charge is 2.14. The van der Waals surface area contributed by atoms with Gasteiger partial charge in [-0.2, -0.15) is 10.5 Å². The fraction of sp³-hybridized carbons (Fsp3) is 0.143. The molecule has 0 saturated heterocycles. The second-order valence-electron chi connectivity index (χ2n) is 7.40. The number of hydrogen-bond donors (Lipinski definition) is 1. The summed E-state index contributed by atoms with van der Waals surface area (Å²) in [6, 6.07) is 18.3. The van der Waals surface area contributed by atoms with E-state index in [9.17, 15) is 20.1 Å². The number of nitriles is 2. The molecule has 186 valence electrons. The van der Waals surface area contributed by atoms with Crippen molar-refractivity contribution in [3.8, 4) is 29.4 Å². The van der Waals surface area contributed by atoms with E-state index in [1.54, 1.807) is 42.5 Å². The number of nitrogens with one attached hydrogen (secondary N) is 1. The van der Waals surface area contributed by atoms with Crippen molar-refractivity contribution in [2.24, 2.45) is 0 Å². The van der Waals surface area contributed by atoms with Gasteiger partial charge in [0.25, 0.3) is 5.91 Å². The van der Waals surface area contributed by atoms with Gasteiger partial charge < -0.3 is 23.9 Å². The number of hydrogen-bond acceptors (Lipinski definition) is 8. The van der Waals surface area contributed by atoms with Crippen molar-refractivity contribution in [3.05, 3.63) is 88.9 Å². The monoisotopic (exact) mass is 497 g/mol. The number of ether oxygens (including phenoxy) is 3. The van der Waals surface area contributed by atoms with Crippen LogP contribution in [0, 0.1) is 22.7 Å². The Morgan fingerprint density at radius 2 is 1.68 bits per heavy atom. The molecular formula is C28H23N3O6. The summed E-state index contributed by atoms with van der Waals surface area (Å²) < 4.78 is 21.2. The first-order valence-electron chi connectivity index (χ1n) is 11.1. The first-order chi connectivity index (χ1) is 18.0. The molecule has 2 aromatic carbocycles. The van der Waals surface area contributed by atoms with Crippen LogP contribution in [0.25, 0.3) is 12.2 Å². The molecule has 1 aromatic heterocycles. The van der Waals surface area contributed by atoms with Gasteiger partial charge in [0.2, 0.25) is 0 Å². The van der Waals surface area contributed by atoms with E-state index >= 15 is 0 Å². The van der Waals surface area contributed by atoms with E-state index in [0.717, 1.165) is 0 Å². The van der Waals surface area contributed by atoms with E-state index in [-0.39, 0.29) is 23.4 Å². The standard InChI is InChI=1S/C28H23N3O6/c1-3-35-25-11-8-20(15-26(25)34-2)14-22(17-30)28(33)37-23-9-6-19(7-10-23)13-21(16-29)27(32)31-18-24-5-4-12-36-24/h4-15H,3,18H2,1-2H3,(H,31,32)/b21-13+,22-14+. The van der Waals surface area contributed by atoms with Gasteiger partial charge in [-0.25, -0.2) is 4.79 Å². The second kappa shape index (κ2) is 13.0. The molecule has 9 nitrogen and oxygen atoms in total.